The number of hydrogen-bond acceptors (Lipinski definition) is 21. The Kier molecular flexibility index (Phi) is 19.6. The molecule has 6 aromatic rings. The van der Waals surface area contributed by atoms with Crippen molar-refractivity contribution in [3.63, 3.8) is 0 Å². The molecule has 466 valence electrons. The molecule has 4 aromatic heterocycles. The molecule has 10 rings (SSSR count). The van der Waals surface area contributed by atoms with E-state index in [9.17, 15) is 24.5 Å². The maximum atomic E-state index is 17.6. The molecule has 3 saturated heterocycles. The van der Waals surface area contributed by atoms with E-state index < -0.39 is 104 Å². The molecular weight excluding hydrogens is 1240 g/mol. The molecule has 0 spiro atoms. The summed E-state index contributed by atoms with van der Waals surface area (Å²) < 4.78 is 78.8. The number of nitrogens with one attached hydrogen (secondary N) is 3. The van der Waals surface area contributed by atoms with Crippen LogP contribution in [0, 0.1) is 11.3 Å². The number of carbonyl (C=O) groups is 3. The summed E-state index contributed by atoms with van der Waals surface area (Å²) in [7, 11) is -4.28. The molecule has 32 heteroatoms. The first-order valence-electron chi connectivity index (χ1n) is 28.5. The van der Waals surface area contributed by atoms with E-state index in [0.717, 1.165) is 11.6 Å². The number of alkyl carbamates (subject to hydrolysis) is 1. The number of nitriles is 1. The number of rotatable bonds is 17. The zero-order chi connectivity index (χ0) is 62.1. The first-order chi connectivity index (χ1) is 41.3. The van der Waals surface area contributed by atoms with Crippen LogP contribution in [0.25, 0.3) is 22.2 Å². The molecule has 0 radical (unpaired) electrons. The van der Waals surface area contributed by atoms with Crippen molar-refractivity contribution in [2.75, 3.05) is 61.6 Å². The Morgan fingerprint density at radius 2 is 1.59 bits per heavy atom. The molecule has 4 aliphatic rings. The van der Waals surface area contributed by atoms with Gasteiger partial charge in [-0.15, -0.1) is 0 Å². The first kappa shape index (κ1) is 64.4. The Morgan fingerprint density at radius 1 is 0.874 bits per heavy atom. The molecule has 2 bridgehead atoms. The molecule has 0 saturated carbocycles. The summed E-state index contributed by atoms with van der Waals surface area (Å²) in [6, 6.07) is 20.2. The number of alkyl halides is 1. The molecule has 25 nitrogen and oxygen atoms in total. The van der Waals surface area contributed by atoms with Crippen LogP contribution >= 0.6 is 13.4 Å². The number of aryl methyl sites for hydroxylation is 1. The first-order valence-corrected chi connectivity index (χ1v) is 40.3. The van der Waals surface area contributed by atoms with Gasteiger partial charge in [0.05, 0.1) is 50.6 Å². The van der Waals surface area contributed by atoms with E-state index in [1.807, 2.05) is 22.9 Å². The lowest BCUT2D eigenvalue weighted by molar-refractivity contribution is -0.0618. The van der Waals surface area contributed by atoms with Gasteiger partial charge in [0.1, 0.15) is 48.3 Å². The van der Waals surface area contributed by atoms with E-state index in [0.29, 0.717) is 47.4 Å². The van der Waals surface area contributed by atoms with Gasteiger partial charge in [0.15, 0.2) is 43.9 Å². The SMILES string of the molecule is CC(C)(C)[Si](C)(C)O[C@@H]1[C@@H]2OP(O)(=S)OC[C@H]3O[C@@H](n4cnc5c(NC(=O)c6ccccc6)nc(NCCNC(=O)OCC[Si](C)(C)C)nc54)[C@H](OP(=S)(OCCC#N)OC[C@H]2O[C@H]1n1cc2c4c(ncnc41)N(C(=O)c1ccccc1)CCC2)[C@@H]3F. The number of benzene rings is 2. The maximum Gasteiger partial charge on any atom is 0.407 e. The van der Waals surface area contributed by atoms with Crippen LogP contribution in [0.4, 0.5) is 26.8 Å². The highest BCUT2D eigenvalue weighted by molar-refractivity contribution is 8.07. The quantitative estimate of drug-likeness (QED) is 0.0375. The average molecular weight is 1310 g/mol. The summed E-state index contributed by atoms with van der Waals surface area (Å²) in [5.41, 5.74) is 2.19. The number of hydrogen-bond donors (Lipinski definition) is 4. The molecule has 2 aromatic carbocycles. The zero-order valence-corrected chi connectivity index (χ0v) is 54.8. The number of carbonyl (C=O) groups excluding carboxylic acids is 3. The zero-order valence-electron chi connectivity index (χ0n) is 49.4. The van der Waals surface area contributed by atoms with Crippen molar-refractivity contribution in [3.05, 3.63) is 96.2 Å². The molecular formula is C55H71FN12O13P2S2Si2. The van der Waals surface area contributed by atoms with Gasteiger partial charge in [0.25, 0.3) is 11.8 Å². The smallest absolute Gasteiger partial charge is 0.407 e. The van der Waals surface area contributed by atoms with Crippen molar-refractivity contribution in [1.29, 1.82) is 5.26 Å². The van der Waals surface area contributed by atoms with Gasteiger partial charge < -0.3 is 57.6 Å². The molecule has 4 aliphatic heterocycles. The number of halogens is 1. The lowest BCUT2D eigenvalue weighted by atomic mass is 10.1. The average Bonchev–Trinajstić information content (AvgIpc) is 1.64. The van der Waals surface area contributed by atoms with Crippen LogP contribution < -0.4 is 20.9 Å². The number of anilines is 3. The maximum absolute atomic E-state index is 17.6. The molecule has 3 fully saturated rings. The van der Waals surface area contributed by atoms with Crippen LogP contribution in [0.5, 0.6) is 0 Å². The molecule has 3 amide bonds. The highest BCUT2D eigenvalue weighted by atomic mass is 32.5. The van der Waals surface area contributed by atoms with Crippen molar-refractivity contribution in [2.45, 2.75) is 133 Å². The fourth-order valence-corrected chi connectivity index (χ4v) is 15.5. The van der Waals surface area contributed by atoms with Crippen molar-refractivity contribution in [1.82, 2.24) is 39.4 Å². The Balaban J connectivity index is 0.992. The predicted octanol–water partition coefficient (Wildman–Crippen LogP) is 9.30. The summed E-state index contributed by atoms with van der Waals surface area (Å²) in [4.78, 5) is 77.6. The lowest BCUT2D eigenvalue weighted by Gasteiger charge is -2.41. The lowest BCUT2D eigenvalue weighted by Crippen LogP contribution is -2.49. The molecule has 2 unspecified atom stereocenters. The topological polar surface area (TPSA) is 292 Å². The largest absolute Gasteiger partial charge is 0.450 e. The van der Waals surface area contributed by atoms with Crippen molar-refractivity contribution < 1.29 is 64.9 Å². The van der Waals surface area contributed by atoms with Crippen molar-refractivity contribution >= 4 is 111 Å². The van der Waals surface area contributed by atoms with Gasteiger partial charge in [0.2, 0.25) is 5.95 Å². The second-order valence-corrected chi connectivity index (χ2v) is 40.2. The van der Waals surface area contributed by atoms with Gasteiger partial charge in [-0.2, -0.15) is 15.2 Å². The predicted molar refractivity (Wildman–Crippen MR) is 333 cm³/mol. The fraction of sp³-hybridized carbons (Fsp3) is 0.509. The van der Waals surface area contributed by atoms with Gasteiger partial charge in [-0.25, -0.2) is 24.1 Å². The molecule has 87 heavy (non-hydrogen) atoms. The number of nitrogens with zero attached hydrogens (tertiary/aromatic N) is 9. The fourth-order valence-electron chi connectivity index (χ4n) is 10.0. The number of aromatic nitrogens is 7. The second-order valence-electron chi connectivity index (χ2n) is 24.0. The molecule has 10 atom stereocenters. The summed E-state index contributed by atoms with van der Waals surface area (Å²) in [5, 5.41) is 18.5. The highest BCUT2D eigenvalue weighted by Crippen LogP contribution is 2.58. The highest BCUT2D eigenvalue weighted by Gasteiger charge is 2.56. The number of imidazole rings is 1. The Hall–Kier alpha value is -5.59. The second kappa shape index (κ2) is 26.5. The van der Waals surface area contributed by atoms with Gasteiger partial charge >= 0.3 is 19.5 Å². The van der Waals surface area contributed by atoms with Crippen LogP contribution in [0.2, 0.25) is 43.8 Å². The van der Waals surface area contributed by atoms with Crippen molar-refractivity contribution in [3.8, 4) is 6.07 Å². The van der Waals surface area contributed by atoms with Crippen molar-refractivity contribution in [2.24, 2.45) is 0 Å². The summed E-state index contributed by atoms with van der Waals surface area (Å²) in [6.45, 7) is 7.64. The van der Waals surface area contributed by atoms with Gasteiger partial charge in [-0.3, -0.25) is 28.1 Å². The third kappa shape index (κ3) is 14.7. The minimum atomic E-state index is -4.44. The van der Waals surface area contributed by atoms with Crippen LogP contribution in [0.3, 0.4) is 0 Å². The number of ether oxygens (including phenoxy) is 3. The standard InChI is InChI=1S/C55H71FN12O13P2S2Si2/c1-55(2,3)87(7,8)81-44-42-38(78-52(44)67-29-36-21-15-25-66(46-39(36)47(67)61-32-60-46)50(70)35-19-13-10-14-20-35)31-76-83(85,74-26-16-22-57)80-43-40(56)37(30-75-82(72,84)79-42)77-51(43)68-33-62-41-45(63-49(69)34-17-11-9-12-18-34)64-53(65-48(41)68)58-23-24-59-54(71)73-27-28-86(4,5)6/h9-14,17-20,29,32-33,37-38,40,42-44,51-52H,15-16,21,23-28,30-31H2,1-8H3,(H,59,71)(H,72,84)(H2,58,63,64,65,69)/t37-,38-,40-,42-,43-,44-,51-,52-,82?,83?/m1/s1. The Morgan fingerprint density at radius 3 is 2.30 bits per heavy atom. The minimum absolute atomic E-state index is 0.0251. The van der Waals surface area contributed by atoms with Gasteiger partial charge in [0, 0.05) is 45.0 Å². The van der Waals surface area contributed by atoms with E-state index in [1.165, 1.54) is 17.2 Å². The summed E-state index contributed by atoms with van der Waals surface area (Å²) in [5.74, 6) is -0.376. The van der Waals surface area contributed by atoms with Gasteiger partial charge in [-0.1, -0.05) is 76.8 Å². The monoisotopic (exact) mass is 1310 g/mol. The van der Waals surface area contributed by atoms with Crippen LogP contribution in [0.1, 0.15) is 72.3 Å². The van der Waals surface area contributed by atoms with Gasteiger partial charge in [-0.05, 0) is 90.5 Å². The van der Waals surface area contributed by atoms with Crippen LogP contribution in [0.15, 0.2) is 79.5 Å². The minimum Gasteiger partial charge on any atom is -0.450 e. The number of fused-ring (bicyclic) bond motifs is 4. The Labute approximate surface area is 514 Å². The van der Waals surface area contributed by atoms with E-state index in [4.69, 9.17) is 74.8 Å². The Bertz CT molecular complexity index is 3640. The normalized spacial score (nSPS) is 26.2. The van der Waals surface area contributed by atoms with E-state index in [1.54, 1.807) is 59.5 Å². The number of amides is 3. The van der Waals surface area contributed by atoms with E-state index in [-0.39, 0.29) is 66.6 Å². The third-order valence-electron chi connectivity index (χ3n) is 15.6. The summed E-state index contributed by atoms with van der Waals surface area (Å²) >= 11 is 11.9. The van der Waals surface area contributed by atoms with E-state index >= 15 is 4.39 Å². The van der Waals surface area contributed by atoms with E-state index in [2.05, 4.69) is 84.4 Å². The molecule has 4 N–H and O–H groups in total. The molecule has 0 aliphatic carbocycles. The third-order valence-corrected chi connectivity index (χ3v) is 25.7. The van der Waals surface area contributed by atoms with Crippen LogP contribution in [-0.2, 0) is 71.3 Å². The van der Waals surface area contributed by atoms with Crippen LogP contribution in [-0.4, -0.2) is 156 Å². The summed E-state index contributed by atoms with van der Waals surface area (Å²) in [6.07, 6.45) is -6.39. The molecule has 8 heterocycles.